The first-order chi connectivity index (χ1) is 10.8. The number of hydrogen-bond donors (Lipinski definition) is 2. The van der Waals surface area contributed by atoms with Crippen LogP contribution in [0.25, 0.3) is 0 Å². The molecular weight excluding hydrogens is 276 g/mol. The van der Waals surface area contributed by atoms with Gasteiger partial charge in [0.05, 0.1) is 0 Å². The highest BCUT2D eigenvalue weighted by atomic mass is 16.5. The highest BCUT2D eigenvalue weighted by Crippen LogP contribution is 2.22. The van der Waals surface area contributed by atoms with Gasteiger partial charge in [0.1, 0.15) is 11.6 Å². The number of para-hydroxylation sites is 1. The first-order valence-electron chi connectivity index (χ1n) is 7.19. The van der Waals surface area contributed by atoms with Gasteiger partial charge in [-0.2, -0.15) is 0 Å². The third kappa shape index (κ3) is 3.71. The molecule has 0 radical (unpaired) electrons. The Kier molecular flexibility index (Phi) is 4.46. The van der Waals surface area contributed by atoms with Crippen molar-refractivity contribution in [2.24, 2.45) is 0 Å². The van der Waals surface area contributed by atoms with Crippen LogP contribution in [-0.4, -0.2) is 15.0 Å². The lowest BCUT2D eigenvalue weighted by atomic mass is 10.2. The largest absolute Gasteiger partial charge is 0.439 e. The fourth-order valence-corrected chi connectivity index (χ4v) is 2.14. The highest BCUT2D eigenvalue weighted by molar-refractivity contribution is 5.32. The molecule has 2 heterocycles. The number of nitrogens with zero attached hydrogens (tertiary/aromatic N) is 2. The molecule has 0 aliphatic heterocycles. The Hall–Kier alpha value is -2.66. The van der Waals surface area contributed by atoms with E-state index in [4.69, 9.17) is 4.74 Å². The normalized spacial score (nSPS) is 10.6. The van der Waals surface area contributed by atoms with Crippen LogP contribution >= 0.6 is 0 Å². The van der Waals surface area contributed by atoms with Crippen molar-refractivity contribution in [1.29, 1.82) is 0 Å². The highest BCUT2D eigenvalue weighted by Gasteiger charge is 2.06. The molecule has 3 rings (SSSR count). The number of aromatic amines is 1. The van der Waals surface area contributed by atoms with E-state index in [1.807, 2.05) is 55.6 Å². The van der Waals surface area contributed by atoms with Crippen LogP contribution in [-0.2, 0) is 13.1 Å². The molecule has 3 aromatic rings. The zero-order valence-electron chi connectivity index (χ0n) is 12.4. The lowest BCUT2D eigenvalue weighted by Crippen LogP contribution is -2.13. The molecule has 5 heteroatoms. The van der Waals surface area contributed by atoms with Crippen molar-refractivity contribution in [1.82, 2.24) is 20.3 Å². The van der Waals surface area contributed by atoms with E-state index in [2.05, 4.69) is 20.3 Å². The van der Waals surface area contributed by atoms with Crippen LogP contribution in [0.2, 0.25) is 0 Å². The second kappa shape index (κ2) is 6.87. The SMILES string of the molecule is Cc1ncc(CNCc2cccnc2Oc2ccccc2)[nH]1. The van der Waals surface area contributed by atoms with E-state index >= 15 is 0 Å². The fraction of sp³-hybridized carbons (Fsp3) is 0.176. The van der Waals surface area contributed by atoms with Gasteiger partial charge in [0.15, 0.2) is 0 Å². The zero-order chi connectivity index (χ0) is 15.2. The van der Waals surface area contributed by atoms with E-state index in [1.165, 1.54) is 0 Å². The number of imidazole rings is 1. The van der Waals surface area contributed by atoms with Gasteiger partial charge >= 0.3 is 0 Å². The van der Waals surface area contributed by atoms with Gasteiger partial charge in [-0.15, -0.1) is 0 Å². The number of H-pyrrole nitrogens is 1. The molecule has 0 saturated heterocycles. The van der Waals surface area contributed by atoms with E-state index in [0.29, 0.717) is 12.4 Å². The monoisotopic (exact) mass is 294 g/mol. The van der Waals surface area contributed by atoms with Crippen LogP contribution in [0.15, 0.2) is 54.9 Å². The summed E-state index contributed by atoms with van der Waals surface area (Å²) >= 11 is 0. The zero-order valence-corrected chi connectivity index (χ0v) is 12.4. The quantitative estimate of drug-likeness (QED) is 0.733. The van der Waals surface area contributed by atoms with E-state index in [0.717, 1.165) is 29.4 Å². The predicted octanol–water partition coefficient (Wildman–Crippen LogP) is 3.20. The van der Waals surface area contributed by atoms with Gasteiger partial charge in [-0.25, -0.2) is 9.97 Å². The fourth-order valence-electron chi connectivity index (χ4n) is 2.14. The van der Waals surface area contributed by atoms with Gasteiger partial charge in [-0.3, -0.25) is 0 Å². The van der Waals surface area contributed by atoms with Crippen molar-refractivity contribution in [3.05, 3.63) is 71.9 Å². The molecule has 22 heavy (non-hydrogen) atoms. The summed E-state index contributed by atoms with van der Waals surface area (Å²) in [6.45, 7) is 3.34. The standard InChI is InChI=1S/C17H18N4O/c1-13-20-12-15(21-13)11-18-10-14-6-5-9-19-17(14)22-16-7-3-2-4-8-16/h2-9,12,18H,10-11H2,1H3,(H,20,21). The van der Waals surface area contributed by atoms with Gasteiger partial charge in [0.2, 0.25) is 5.88 Å². The summed E-state index contributed by atoms with van der Waals surface area (Å²) < 4.78 is 5.85. The molecule has 0 spiro atoms. The van der Waals surface area contributed by atoms with Crippen molar-refractivity contribution in [2.45, 2.75) is 20.0 Å². The van der Waals surface area contributed by atoms with Gasteiger partial charge in [-0.05, 0) is 25.1 Å². The summed E-state index contributed by atoms with van der Waals surface area (Å²) in [4.78, 5) is 11.7. The molecule has 2 N–H and O–H groups in total. The number of aromatic nitrogens is 3. The number of aryl methyl sites for hydroxylation is 1. The van der Waals surface area contributed by atoms with Crippen LogP contribution in [0.5, 0.6) is 11.6 Å². The van der Waals surface area contributed by atoms with Gasteiger partial charge < -0.3 is 15.0 Å². The molecule has 0 amide bonds. The average molecular weight is 294 g/mol. The summed E-state index contributed by atoms with van der Waals surface area (Å²) in [5.41, 5.74) is 2.08. The van der Waals surface area contributed by atoms with Gasteiger partial charge in [0, 0.05) is 36.7 Å². The van der Waals surface area contributed by atoms with Crippen molar-refractivity contribution < 1.29 is 4.74 Å². The number of rotatable bonds is 6. The number of ether oxygens (including phenoxy) is 1. The second-order valence-electron chi connectivity index (χ2n) is 4.98. The molecule has 0 aliphatic carbocycles. The topological polar surface area (TPSA) is 62.8 Å². The molecule has 0 unspecified atom stereocenters. The summed E-state index contributed by atoms with van der Waals surface area (Å²) in [5, 5.41) is 3.37. The van der Waals surface area contributed by atoms with Crippen LogP contribution in [0, 0.1) is 6.92 Å². The number of hydrogen-bond acceptors (Lipinski definition) is 4. The Morgan fingerprint density at radius 2 is 1.91 bits per heavy atom. The van der Waals surface area contributed by atoms with E-state index < -0.39 is 0 Å². The number of pyridine rings is 1. The molecule has 112 valence electrons. The van der Waals surface area contributed by atoms with Crippen molar-refractivity contribution in [3.8, 4) is 11.6 Å². The third-order valence-electron chi connectivity index (χ3n) is 3.19. The Morgan fingerprint density at radius 3 is 2.68 bits per heavy atom. The van der Waals surface area contributed by atoms with Crippen molar-refractivity contribution in [2.75, 3.05) is 0 Å². The van der Waals surface area contributed by atoms with Crippen LogP contribution in [0.4, 0.5) is 0 Å². The summed E-state index contributed by atoms with van der Waals surface area (Å²) in [6, 6.07) is 13.6. The molecule has 2 aromatic heterocycles. The lowest BCUT2D eigenvalue weighted by molar-refractivity contribution is 0.452. The molecule has 0 aliphatic rings. The average Bonchev–Trinajstić information content (AvgIpc) is 2.95. The lowest BCUT2D eigenvalue weighted by Gasteiger charge is -2.10. The Balaban J connectivity index is 1.63. The Labute approximate surface area is 129 Å². The van der Waals surface area contributed by atoms with Crippen LogP contribution in [0.3, 0.4) is 0 Å². The second-order valence-corrected chi connectivity index (χ2v) is 4.98. The van der Waals surface area contributed by atoms with E-state index in [-0.39, 0.29) is 0 Å². The van der Waals surface area contributed by atoms with Crippen LogP contribution < -0.4 is 10.1 Å². The predicted molar refractivity (Wildman–Crippen MR) is 84.6 cm³/mol. The summed E-state index contributed by atoms with van der Waals surface area (Å²) in [7, 11) is 0. The third-order valence-corrected chi connectivity index (χ3v) is 3.19. The van der Waals surface area contributed by atoms with Crippen molar-refractivity contribution >= 4 is 0 Å². The smallest absolute Gasteiger partial charge is 0.223 e. The summed E-state index contributed by atoms with van der Waals surface area (Å²) in [6.07, 6.45) is 3.58. The maximum atomic E-state index is 5.85. The first-order valence-corrected chi connectivity index (χ1v) is 7.19. The maximum absolute atomic E-state index is 5.85. The Morgan fingerprint density at radius 1 is 1.05 bits per heavy atom. The number of nitrogens with one attached hydrogen (secondary N) is 2. The van der Waals surface area contributed by atoms with Crippen LogP contribution in [0.1, 0.15) is 17.1 Å². The molecule has 0 bridgehead atoms. The summed E-state index contributed by atoms with van der Waals surface area (Å²) in [5.74, 6) is 2.33. The molecule has 0 atom stereocenters. The number of benzene rings is 1. The molecule has 0 saturated carbocycles. The van der Waals surface area contributed by atoms with E-state index in [9.17, 15) is 0 Å². The van der Waals surface area contributed by atoms with Crippen molar-refractivity contribution in [3.63, 3.8) is 0 Å². The van der Waals surface area contributed by atoms with Gasteiger partial charge in [-0.1, -0.05) is 24.3 Å². The first kappa shape index (κ1) is 14.3. The van der Waals surface area contributed by atoms with Gasteiger partial charge in [0.25, 0.3) is 0 Å². The molecule has 5 nitrogen and oxygen atoms in total. The minimum absolute atomic E-state index is 0.627. The Bertz CT molecular complexity index is 724. The molecule has 1 aromatic carbocycles. The van der Waals surface area contributed by atoms with E-state index in [1.54, 1.807) is 6.20 Å². The molecular formula is C17H18N4O. The maximum Gasteiger partial charge on any atom is 0.223 e. The minimum atomic E-state index is 0.627. The minimum Gasteiger partial charge on any atom is -0.439 e. The molecule has 0 fully saturated rings.